The molecular formula is C22H20Cl3FN6O10P2S2. The summed E-state index contributed by atoms with van der Waals surface area (Å²) in [4.78, 5) is 37.9. The van der Waals surface area contributed by atoms with Crippen LogP contribution in [0.25, 0.3) is 22.2 Å². The quantitative estimate of drug-likeness (QED) is 0.170. The molecule has 6 unspecified atom stereocenters. The summed E-state index contributed by atoms with van der Waals surface area (Å²) < 4.78 is 66.0. The Morgan fingerprint density at radius 2 is 1.78 bits per heavy atom. The number of hydrogen-bond donors (Lipinski definition) is 4. The van der Waals surface area contributed by atoms with Crippen LogP contribution >= 0.6 is 60.6 Å². The van der Waals surface area contributed by atoms with Crippen LogP contribution in [-0.4, -0.2) is 89.0 Å². The Hall–Kier alpha value is -1.25. The highest BCUT2D eigenvalue weighted by Gasteiger charge is 2.53. The fourth-order valence-corrected chi connectivity index (χ4v) is 8.90. The fourth-order valence-electron chi connectivity index (χ4n) is 5.41. The first kappa shape index (κ1) is 33.3. The number of rotatable bonds is 2. The number of nitrogens with one attached hydrogen (secondary N) is 1. The maximum atomic E-state index is 16.0. The van der Waals surface area contributed by atoms with Gasteiger partial charge in [0.2, 0.25) is 5.28 Å². The zero-order valence-electron chi connectivity index (χ0n) is 22.5. The normalized spacial score (nSPS) is 37.2. The molecule has 1 aromatic carbocycles. The van der Waals surface area contributed by atoms with Crippen molar-refractivity contribution in [1.82, 2.24) is 29.1 Å². The van der Waals surface area contributed by atoms with Gasteiger partial charge >= 0.3 is 13.5 Å². The highest BCUT2D eigenvalue weighted by molar-refractivity contribution is 8.44. The summed E-state index contributed by atoms with van der Waals surface area (Å²) in [5, 5.41) is 11.5. The van der Waals surface area contributed by atoms with Gasteiger partial charge in [0.1, 0.15) is 30.5 Å². The van der Waals surface area contributed by atoms with Crippen LogP contribution in [0.4, 0.5) is 4.39 Å². The minimum Gasteiger partial charge on any atom is -0.387 e. The number of benzene rings is 1. The molecule has 4 aromatic rings. The van der Waals surface area contributed by atoms with E-state index in [0.29, 0.717) is 11.0 Å². The van der Waals surface area contributed by atoms with Gasteiger partial charge in [0, 0.05) is 0 Å². The Labute approximate surface area is 281 Å². The fraction of sp³-hybridized carbons (Fsp3) is 0.455. The number of imidazole rings is 2. The number of nitrogens with zero attached hydrogens (tertiary/aromatic N) is 5. The lowest BCUT2D eigenvalue weighted by molar-refractivity contribution is -0.0585. The lowest BCUT2D eigenvalue weighted by Gasteiger charge is -2.28. The van der Waals surface area contributed by atoms with E-state index in [1.807, 2.05) is 0 Å². The molecule has 0 amide bonds. The number of aliphatic hydroxyl groups excluding tert-OH is 1. The third-order valence-electron chi connectivity index (χ3n) is 7.48. The molecule has 0 radical (unpaired) electrons. The van der Waals surface area contributed by atoms with Gasteiger partial charge in [-0.25, -0.2) is 23.9 Å². The second-order valence-corrected chi connectivity index (χ2v) is 17.1. The summed E-state index contributed by atoms with van der Waals surface area (Å²) in [5.41, 5.74) is -0.00721. The standard InChI is InChI=1S/C22H20Cl3FN6O10P2S2/c23-7-1-9-10(2-8(7)24)32(22(25)30-9)21-17-15(33)11(39-21)3-37-43(35,45)41-16-12(4-38-44(36,46)42-17)40-20(13(16)26)31-6-29-14-18(31)27-5-28-19(14)34/h1-2,5-6,11-13,15-17,20-21,33H,3-4H2,(H,35,45)(H,36,46)(H,27,28,34)/t11-,12-,13?,15?,16?,17?,20-,21-,43?,44?/m1/s1. The Kier molecular flexibility index (Phi) is 8.87. The molecule has 3 aliphatic heterocycles. The molecule has 3 fully saturated rings. The number of hydrogen-bond acceptors (Lipinski definition) is 13. The number of halogens is 4. The molecule has 0 saturated carbocycles. The van der Waals surface area contributed by atoms with E-state index < -0.39 is 81.4 Å². The van der Waals surface area contributed by atoms with Gasteiger partial charge in [-0.15, -0.1) is 0 Å². The summed E-state index contributed by atoms with van der Waals surface area (Å²) in [6.45, 7) is -9.96. The highest BCUT2D eigenvalue weighted by atomic mass is 35.5. The third-order valence-corrected chi connectivity index (χ3v) is 11.6. The van der Waals surface area contributed by atoms with Gasteiger partial charge in [-0.2, -0.15) is 0 Å². The summed E-state index contributed by atoms with van der Waals surface area (Å²) in [6.07, 6.45) is -10.0. The van der Waals surface area contributed by atoms with Crippen LogP contribution < -0.4 is 5.56 Å². The predicted molar refractivity (Wildman–Crippen MR) is 166 cm³/mol. The van der Waals surface area contributed by atoms with Gasteiger partial charge in [0.25, 0.3) is 5.56 Å². The molecule has 3 aromatic heterocycles. The molecule has 0 aliphatic carbocycles. The van der Waals surface area contributed by atoms with Crippen LogP contribution in [0.5, 0.6) is 0 Å². The van der Waals surface area contributed by atoms with Crippen molar-refractivity contribution in [3.05, 3.63) is 50.5 Å². The highest BCUT2D eigenvalue weighted by Crippen LogP contribution is 2.58. The molecule has 16 nitrogen and oxygen atoms in total. The first-order valence-electron chi connectivity index (χ1n) is 13.1. The maximum absolute atomic E-state index is 16.0. The first-order chi connectivity index (χ1) is 21.7. The number of H-pyrrole nitrogens is 1. The largest absolute Gasteiger partial charge is 0.387 e. The number of ether oxygens (including phenoxy) is 2. The van der Waals surface area contributed by atoms with E-state index in [-0.39, 0.29) is 26.5 Å². The number of aromatic nitrogens is 6. The first-order valence-corrected chi connectivity index (χ1v) is 19.5. The van der Waals surface area contributed by atoms with Crippen molar-refractivity contribution in [2.45, 2.75) is 49.1 Å². The zero-order chi connectivity index (χ0) is 32.7. The summed E-state index contributed by atoms with van der Waals surface area (Å²) >= 11 is 28.1. The van der Waals surface area contributed by atoms with Crippen LogP contribution in [-0.2, 0) is 43.9 Å². The molecule has 0 spiro atoms. The monoisotopic (exact) mass is 778 g/mol. The minimum atomic E-state index is -4.42. The number of aliphatic hydroxyl groups is 1. The molecule has 24 heteroatoms. The number of thiol groups is 1. The lowest BCUT2D eigenvalue weighted by Crippen LogP contribution is -2.35. The van der Waals surface area contributed by atoms with E-state index in [4.69, 9.17) is 74.2 Å². The van der Waals surface area contributed by atoms with Gasteiger partial charge in [0.15, 0.2) is 29.8 Å². The van der Waals surface area contributed by atoms with E-state index in [1.54, 1.807) is 0 Å². The zero-order valence-corrected chi connectivity index (χ0v) is 28.3. The number of alkyl halides is 1. The average molecular weight is 780 g/mol. The van der Waals surface area contributed by atoms with Crippen molar-refractivity contribution in [3.63, 3.8) is 0 Å². The van der Waals surface area contributed by atoms with Crippen molar-refractivity contribution in [2.75, 3.05) is 13.2 Å². The van der Waals surface area contributed by atoms with Crippen molar-refractivity contribution in [2.24, 2.45) is 0 Å². The molecule has 3 aliphatic rings. The second kappa shape index (κ2) is 12.3. The molecule has 10 atom stereocenters. The molecule has 248 valence electrons. The van der Waals surface area contributed by atoms with Gasteiger partial charge in [-0.05, 0) is 35.5 Å². The molecule has 46 heavy (non-hydrogen) atoms. The van der Waals surface area contributed by atoms with Crippen LogP contribution in [0.1, 0.15) is 12.5 Å². The summed E-state index contributed by atoms with van der Waals surface area (Å²) in [5.74, 6) is 0. The van der Waals surface area contributed by atoms with Crippen molar-refractivity contribution < 1.29 is 46.5 Å². The Bertz CT molecular complexity index is 2010. The van der Waals surface area contributed by atoms with Crippen LogP contribution in [0, 0.1) is 0 Å². The summed E-state index contributed by atoms with van der Waals surface area (Å²) in [7, 11) is 0. The summed E-state index contributed by atoms with van der Waals surface area (Å²) in [6, 6.07) is 2.93. The van der Waals surface area contributed by atoms with Gasteiger partial charge in [-0.1, -0.05) is 35.5 Å². The Morgan fingerprint density at radius 3 is 2.57 bits per heavy atom. The predicted octanol–water partition coefficient (Wildman–Crippen LogP) is 3.70. The van der Waals surface area contributed by atoms with Gasteiger partial charge in [0.05, 0.1) is 46.9 Å². The second-order valence-electron chi connectivity index (χ2n) is 10.3. The van der Waals surface area contributed by atoms with Crippen LogP contribution in [0.15, 0.2) is 29.6 Å². The van der Waals surface area contributed by atoms with Crippen molar-refractivity contribution in [3.8, 4) is 0 Å². The van der Waals surface area contributed by atoms with E-state index in [9.17, 15) is 19.4 Å². The topological polar surface area (TPSA) is 194 Å². The SMILES string of the molecule is O=c1[nH]cnc2c1ncn2[C@@H]1O[C@@H]2COP(O)(=S)OC3C(O)[C@@H](COP(=O)(S)OC2C1F)O[C@H]3n1c(Cl)nc2cc(Cl)c(Cl)cc21. The van der Waals surface area contributed by atoms with Gasteiger partial charge in [-0.3, -0.25) is 27.5 Å². The number of aromatic amines is 1. The van der Waals surface area contributed by atoms with Crippen LogP contribution in [0.3, 0.4) is 0 Å². The average Bonchev–Trinajstić information content (AvgIpc) is 3.71. The lowest BCUT2D eigenvalue weighted by atomic mass is 10.1. The molecule has 7 rings (SSSR count). The number of fused-ring (bicyclic) bond motifs is 5. The van der Waals surface area contributed by atoms with Crippen LogP contribution in [0.2, 0.25) is 15.3 Å². The molecule has 3 N–H and O–H groups in total. The van der Waals surface area contributed by atoms with E-state index in [1.165, 1.54) is 16.7 Å². The van der Waals surface area contributed by atoms with E-state index in [0.717, 1.165) is 17.2 Å². The van der Waals surface area contributed by atoms with Crippen molar-refractivity contribution in [1.29, 1.82) is 0 Å². The molecule has 2 bridgehead atoms. The van der Waals surface area contributed by atoms with Crippen molar-refractivity contribution >= 4 is 94.6 Å². The van der Waals surface area contributed by atoms with Gasteiger partial charge < -0.3 is 29.0 Å². The Balaban J connectivity index is 1.22. The maximum Gasteiger partial charge on any atom is 0.386 e. The van der Waals surface area contributed by atoms with E-state index >= 15 is 4.39 Å². The molecular weight excluding hydrogens is 760 g/mol. The molecule has 6 heterocycles. The molecule has 3 saturated heterocycles. The minimum absolute atomic E-state index is 0.00460. The Morgan fingerprint density at radius 1 is 1.07 bits per heavy atom. The third kappa shape index (κ3) is 5.97. The smallest absolute Gasteiger partial charge is 0.386 e. The van der Waals surface area contributed by atoms with E-state index in [2.05, 4.69) is 32.2 Å².